The minimum atomic E-state index is -0.235. The molecule has 1 aromatic heterocycles. The molecule has 0 saturated heterocycles. The number of aldehydes is 1. The van der Waals surface area contributed by atoms with Gasteiger partial charge in [0.25, 0.3) is 0 Å². The fourth-order valence-corrected chi connectivity index (χ4v) is 4.18. The standard InChI is InChI=1S/C19H19FN2O/c1-11-3-2-4-14(19(11)20)22-15-9-21-16(10-23)18-13-7-5-12(6-8-13)17(15)18/h2-4,9-10,12-13,22H,5-8H2,1H3. The van der Waals surface area contributed by atoms with Gasteiger partial charge in [0.2, 0.25) is 0 Å². The van der Waals surface area contributed by atoms with Gasteiger partial charge in [-0.15, -0.1) is 0 Å². The largest absolute Gasteiger partial charge is 0.352 e. The van der Waals surface area contributed by atoms with E-state index in [0.717, 1.165) is 43.2 Å². The number of hydrogen-bond acceptors (Lipinski definition) is 3. The van der Waals surface area contributed by atoms with Crippen LogP contribution in [-0.4, -0.2) is 11.3 Å². The highest BCUT2D eigenvalue weighted by Gasteiger charge is 2.37. The second kappa shape index (κ2) is 5.44. The molecule has 4 heteroatoms. The number of pyridine rings is 1. The summed E-state index contributed by atoms with van der Waals surface area (Å²) >= 11 is 0. The molecule has 3 aliphatic rings. The van der Waals surface area contributed by atoms with Crippen LogP contribution in [0.3, 0.4) is 0 Å². The lowest BCUT2D eigenvalue weighted by Crippen LogP contribution is -2.25. The molecule has 0 radical (unpaired) electrons. The molecule has 1 fully saturated rings. The van der Waals surface area contributed by atoms with Crippen LogP contribution in [-0.2, 0) is 0 Å². The molecule has 118 valence electrons. The fourth-order valence-electron chi connectivity index (χ4n) is 4.18. The summed E-state index contributed by atoms with van der Waals surface area (Å²) in [6.07, 6.45) is 7.09. The molecule has 23 heavy (non-hydrogen) atoms. The van der Waals surface area contributed by atoms with Crippen LogP contribution in [0.15, 0.2) is 24.4 Å². The van der Waals surface area contributed by atoms with Gasteiger partial charge in [0.15, 0.2) is 6.29 Å². The number of hydrogen-bond donors (Lipinski definition) is 1. The average molecular weight is 310 g/mol. The maximum atomic E-state index is 14.3. The van der Waals surface area contributed by atoms with E-state index in [2.05, 4.69) is 10.3 Å². The Hall–Kier alpha value is -2.23. The smallest absolute Gasteiger partial charge is 0.168 e. The SMILES string of the molecule is Cc1cccc(Nc2cnc(C=O)c3c2C2CCC3CC2)c1F. The summed E-state index contributed by atoms with van der Waals surface area (Å²) in [6.45, 7) is 1.76. The number of carbonyl (C=O) groups excluding carboxylic acids is 1. The number of benzene rings is 1. The molecule has 5 rings (SSSR count). The number of nitrogens with one attached hydrogen (secondary N) is 1. The zero-order valence-electron chi connectivity index (χ0n) is 13.1. The van der Waals surface area contributed by atoms with Gasteiger partial charge in [0.05, 0.1) is 17.6 Å². The lowest BCUT2D eigenvalue weighted by molar-refractivity contribution is 0.111. The topological polar surface area (TPSA) is 42.0 Å². The van der Waals surface area contributed by atoms with Gasteiger partial charge in [0, 0.05) is 0 Å². The zero-order valence-corrected chi connectivity index (χ0v) is 13.1. The van der Waals surface area contributed by atoms with Crippen LogP contribution < -0.4 is 5.32 Å². The molecular formula is C19H19FN2O. The average Bonchev–Trinajstić information content (AvgIpc) is 2.60. The van der Waals surface area contributed by atoms with Gasteiger partial charge < -0.3 is 5.32 Å². The maximum absolute atomic E-state index is 14.3. The Balaban J connectivity index is 1.83. The molecule has 1 N–H and O–H groups in total. The molecule has 1 aromatic carbocycles. The lowest BCUT2D eigenvalue weighted by Gasteiger charge is -2.39. The van der Waals surface area contributed by atoms with Gasteiger partial charge in [-0.25, -0.2) is 4.39 Å². The third-order valence-electron chi connectivity index (χ3n) is 5.31. The molecule has 3 aliphatic carbocycles. The van der Waals surface area contributed by atoms with Gasteiger partial charge in [0.1, 0.15) is 11.5 Å². The van der Waals surface area contributed by atoms with E-state index >= 15 is 0 Å². The van der Waals surface area contributed by atoms with E-state index in [1.165, 1.54) is 5.56 Å². The maximum Gasteiger partial charge on any atom is 0.168 e. The number of nitrogens with zero attached hydrogens (tertiary/aromatic N) is 1. The van der Waals surface area contributed by atoms with Crippen LogP contribution in [0, 0.1) is 12.7 Å². The minimum Gasteiger partial charge on any atom is -0.352 e. The van der Waals surface area contributed by atoms with Crippen LogP contribution in [0.4, 0.5) is 15.8 Å². The number of aryl methyl sites for hydroxylation is 1. The second-order valence-corrected chi connectivity index (χ2v) is 6.61. The molecule has 0 atom stereocenters. The predicted octanol–water partition coefficient (Wildman–Crippen LogP) is 4.84. The number of anilines is 2. The first kappa shape index (κ1) is 14.4. The van der Waals surface area contributed by atoms with Crippen molar-refractivity contribution in [2.75, 3.05) is 5.32 Å². The molecular weight excluding hydrogens is 291 g/mol. The number of fused-ring (bicyclic) bond motifs is 2. The highest BCUT2D eigenvalue weighted by Crippen LogP contribution is 2.52. The lowest BCUT2D eigenvalue weighted by atomic mass is 9.66. The summed E-state index contributed by atoms with van der Waals surface area (Å²) in [7, 11) is 0. The van der Waals surface area contributed by atoms with Crippen LogP contribution >= 0.6 is 0 Å². The Bertz CT molecular complexity index is 779. The summed E-state index contributed by atoms with van der Waals surface area (Å²) in [5, 5.41) is 3.22. The monoisotopic (exact) mass is 310 g/mol. The van der Waals surface area contributed by atoms with Crippen molar-refractivity contribution in [2.45, 2.75) is 44.4 Å². The summed E-state index contributed by atoms with van der Waals surface area (Å²) < 4.78 is 14.3. The Morgan fingerprint density at radius 1 is 1.13 bits per heavy atom. The molecule has 0 unspecified atom stereocenters. The molecule has 0 spiro atoms. The Morgan fingerprint density at radius 2 is 1.83 bits per heavy atom. The van der Waals surface area contributed by atoms with Gasteiger partial charge in [-0.05, 0) is 67.2 Å². The van der Waals surface area contributed by atoms with Crippen molar-refractivity contribution in [2.24, 2.45) is 0 Å². The first-order chi connectivity index (χ1) is 11.2. The van der Waals surface area contributed by atoms with E-state index in [1.54, 1.807) is 25.3 Å². The molecule has 1 saturated carbocycles. The van der Waals surface area contributed by atoms with Gasteiger partial charge in [-0.2, -0.15) is 0 Å². The summed E-state index contributed by atoms with van der Waals surface area (Å²) in [5.74, 6) is 0.639. The third-order valence-corrected chi connectivity index (χ3v) is 5.31. The van der Waals surface area contributed by atoms with E-state index in [4.69, 9.17) is 0 Å². The van der Waals surface area contributed by atoms with Crippen molar-refractivity contribution < 1.29 is 9.18 Å². The predicted molar refractivity (Wildman–Crippen MR) is 88.0 cm³/mol. The normalized spacial score (nSPS) is 21.8. The fraction of sp³-hybridized carbons (Fsp3) is 0.368. The van der Waals surface area contributed by atoms with Crippen molar-refractivity contribution in [1.82, 2.24) is 4.98 Å². The summed E-state index contributed by atoms with van der Waals surface area (Å²) in [5.41, 5.74) is 4.78. The summed E-state index contributed by atoms with van der Waals surface area (Å²) in [6, 6.07) is 5.34. The van der Waals surface area contributed by atoms with Crippen molar-refractivity contribution in [1.29, 1.82) is 0 Å². The number of carbonyl (C=O) groups is 1. The quantitative estimate of drug-likeness (QED) is 0.825. The molecule has 0 aliphatic heterocycles. The first-order valence-corrected chi connectivity index (χ1v) is 8.19. The van der Waals surface area contributed by atoms with Crippen LogP contribution in [0.2, 0.25) is 0 Å². The van der Waals surface area contributed by atoms with Gasteiger partial charge in [-0.3, -0.25) is 9.78 Å². The third kappa shape index (κ3) is 2.24. The molecule has 2 aromatic rings. The zero-order chi connectivity index (χ0) is 16.0. The highest BCUT2D eigenvalue weighted by atomic mass is 19.1. The molecule has 0 amide bonds. The Morgan fingerprint density at radius 3 is 2.52 bits per heavy atom. The van der Waals surface area contributed by atoms with Crippen molar-refractivity contribution in [3.8, 4) is 0 Å². The van der Waals surface area contributed by atoms with Crippen LogP contribution in [0.1, 0.15) is 64.7 Å². The molecule has 2 bridgehead atoms. The van der Waals surface area contributed by atoms with Crippen LogP contribution in [0.5, 0.6) is 0 Å². The van der Waals surface area contributed by atoms with E-state index in [0.29, 0.717) is 28.8 Å². The number of halogens is 1. The molecule has 3 nitrogen and oxygen atoms in total. The van der Waals surface area contributed by atoms with Crippen molar-refractivity contribution in [3.63, 3.8) is 0 Å². The summed E-state index contributed by atoms with van der Waals surface area (Å²) in [4.78, 5) is 15.7. The Kier molecular flexibility index (Phi) is 3.40. The van der Waals surface area contributed by atoms with E-state index < -0.39 is 0 Å². The van der Waals surface area contributed by atoms with E-state index in [-0.39, 0.29) is 5.82 Å². The van der Waals surface area contributed by atoms with Crippen molar-refractivity contribution >= 4 is 17.7 Å². The second-order valence-electron chi connectivity index (χ2n) is 6.61. The van der Waals surface area contributed by atoms with Crippen molar-refractivity contribution in [3.05, 3.63) is 52.6 Å². The number of aromatic nitrogens is 1. The number of rotatable bonds is 3. The Labute approximate surface area is 134 Å². The van der Waals surface area contributed by atoms with Crippen LogP contribution in [0.25, 0.3) is 0 Å². The van der Waals surface area contributed by atoms with Gasteiger partial charge in [-0.1, -0.05) is 12.1 Å². The van der Waals surface area contributed by atoms with E-state index in [1.807, 2.05) is 6.07 Å². The van der Waals surface area contributed by atoms with E-state index in [9.17, 15) is 9.18 Å². The first-order valence-electron chi connectivity index (χ1n) is 8.19. The highest BCUT2D eigenvalue weighted by molar-refractivity contribution is 5.79. The molecule has 1 heterocycles. The minimum absolute atomic E-state index is 0.235. The van der Waals surface area contributed by atoms with Gasteiger partial charge >= 0.3 is 0 Å².